The molecule has 106 valence electrons. The molecule has 0 amide bonds. The zero-order chi connectivity index (χ0) is 13.8. The molecule has 0 unspecified atom stereocenters. The van der Waals surface area contributed by atoms with Crippen LogP contribution in [-0.2, 0) is 6.54 Å². The van der Waals surface area contributed by atoms with E-state index in [9.17, 15) is 0 Å². The third-order valence-corrected chi connectivity index (χ3v) is 3.53. The number of ether oxygens (including phenoxy) is 1. The lowest BCUT2D eigenvalue weighted by Gasteiger charge is -2.25. The van der Waals surface area contributed by atoms with E-state index in [-0.39, 0.29) is 0 Å². The lowest BCUT2D eigenvalue weighted by Crippen LogP contribution is -2.42. The first-order valence-corrected chi connectivity index (χ1v) is 6.88. The monoisotopic (exact) mass is 273 g/mol. The maximum atomic E-state index is 5.44. The van der Waals surface area contributed by atoms with Crippen molar-refractivity contribution in [1.82, 2.24) is 15.4 Å². The second-order valence-corrected chi connectivity index (χ2v) is 4.93. The molecular formula is C15H19N3O2. The molecule has 0 aliphatic carbocycles. The van der Waals surface area contributed by atoms with Crippen LogP contribution in [0.25, 0.3) is 11.3 Å². The number of aromatic nitrogens is 1. The second-order valence-electron chi connectivity index (χ2n) is 4.93. The molecule has 1 fully saturated rings. The Hall–Kier alpha value is -1.85. The van der Waals surface area contributed by atoms with Crippen molar-refractivity contribution < 1.29 is 9.26 Å². The van der Waals surface area contributed by atoms with E-state index in [2.05, 4.69) is 15.4 Å². The van der Waals surface area contributed by atoms with Crippen molar-refractivity contribution >= 4 is 0 Å². The van der Waals surface area contributed by atoms with Gasteiger partial charge in [-0.1, -0.05) is 5.16 Å². The first-order chi connectivity index (χ1) is 9.85. The lowest BCUT2D eigenvalue weighted by molar-refractivity contribution is 0.207. The van der Waals surface area contributed by atoms with Crippen LogP contribution in [0.1, 0.15) is 5.76 Å². The Bertz CT molecular complexity index is 545. The maximum Gasteiger partial charge on any atom is 0.151 e. The van der Waals surface area contributed by atoms with Crippen LogP contribution in [0.15, 0.2) is 34.9 Å². The molecule has 1 aliphatic rings. The minimum absolute atomic E-state index is 0.824. The molecule has 1 aromatic heterocycles. The number of piperazine rings is 1. The number of hydrogen-bond acceptors (Lipinski definition) is 5. The van der Waals surface area contributed by atoms with Crippen LogP contribution in [-0.4, -0.2) is 43.3 Å². The van der Waals surface area contributed by atoms with E-state index in [1.165, 1.54) is 0 Å². The summed E-state index contributed by atoms with van der Waals surface area (Å²) < 4.78 is 10.6. The SMILES string of the molecule is COc1ccc(-c2cc(CN3CCNCC3)on2)cc1. The first kappa shape index (κ1) is 13.1. The number of rotatable bonds is 4. The van der Waals surface area contributed by atoms with Gasteiger partial charge in [-0.2, -0.15) is 0 Å². The van der Waals surface area contributed by atoms with E-state index in [1.54, 1.807) is 7.11 Å². The molecule has 5 nitrogen and oxygen atoms in total. The summed E-state index contributed by atoms with van der Waals surface area (Å²) in [5, 5.41) is 7.49. The zero-order valence-electron chi connectivity index (χ0n) is 11.6. The van der Waals surface area contributed by atoms with Crippen LogP contribution in [0.2, 0.25) is 0 Å². The Kier molecular flexibility index (Phi) is 3.99. The predicted molar refractivity (Wildman–Crippen MR) is 76.6 cm³/mol. The summed E-state index contributed by atoms with van der Waals surface area (Å²) in [5.74, 6) is 1.76. The van der Waals surface area contributed by atoms with Crippen molar-refractivity contribution in [2.75, 3.05) is 33.3 Å². The van der Waals surface area contributed by atoms with Crippen molar-refractivity contribution in [2.24, 2.45) is 0 Å². The fourth-order valence-electron chi connectivity index (χ4n) is 2.37. The average Bonchev–Trinajstić information content (AvgIpc) is 2.97. The molecule has 2 aromatic rings. The van der Waals surface area contributed by atoms with Crippen molar-refractivity contribution in [2.45, 2.75) is 6.54 Å². The van der Waals surface area contributed by atoms with Crippen LogP contribution in [0.4, 0.5) is 0 Å². The Balaban J connectivity index is 1.68. The van der Waals surface area contributed by atoms with Crippen LogP contribution in [0, 0.1) is 0 Å². The molecule has 1 N–H and O–H groups in total. The molecule has 0 bridgehead atoms. The fraction of sp³-hybridized carbons (Fsp3) is 0.400. The quantitative estimate of drug-likeness (QED) is 0.920. The van der Waals surface area contributed by atoms with Crippen molar-refractivity contribution in [1.29, 1.82) is 0 Å². The summed E-state index contributed by atoms with van der Waals surface area (Å²) >= 11 is 0. The van der Waals surface area contributed by atoms with Crippen molar-refractivity contribution in [3.63, 3.8) is 0 Å². The minimum atomic E-state index is 0.824. The molecule has 0 radical (unpaired) electrons. The van der Waals surface area contributed by atoms with Gasteiger partial charge >= 0.3 is 0 Å². The highest BCUT2D eigenvalue weighted by Crippen LogP contribution is 2.22. The summed E-state index contributed by atoms with van der Waals surface area (Å²) in [4.78, 5) is 2.37. The summed E-state index contributed by atoms with van der Waals surface area (Å²) in [6.07, 6.45) is 0. The average molecular weight is 273 g/mol. The van der Waals surface area contributed by atoms with Gasteiger partial charge in [0.25, 0.3) is 0 Å². The third-order valence-electron chi connectivity index (χ3n) is 3.53. The molecule has 1 aromatic carbocycles. The van der Waals surface area contributed by atoms with E-state index in [0.717, 1.165) is 55.5 Å². The lowest BCUT2D eigenvalue weighted by atomic mass is 10.1. The molecule has 0 atom stereocenters. The second kappa shape index (κ2) is 6.07. The van der Waals surface area contributed by atoms with Crippen LogP contribution < -0.4 is 10.1 Å². The highest BCUT2D eigenvalue weighted by molar-refractivity contribution is 5.59. The van der Waals surface area contributed by atoms with Gasteiger partial charge < -0.3 is 14.6 Å². The smallest absolute Gasteiger partial charge is 0.151 e. The minimum Gasteiger partial charge on any atom is -0.497 e. The van der Waals surface area contributed by atoms with Crippen molar-refractivity contribution in [3.05, 3.63) is 36.1 Å². The standard InChI is InChI=1S/C15H19N3O2/c1-19-13-4-2-12(3-5-13)15-10-14(20-17-15)11-18-8-6-16-7-9-18/h2-5,10,16H,6-9,11H2,1H3. The summed E-state index contributed by atoms with van der Waals surface area (Å²) in [5.41, 5.74) is 1.92. The third kappa shape index (κ3) is 3.00. The number of nitrogens with one attached hydrogen (secondary N) is 1. The van der Waals surface area contributed by atoms with Gasteiger partial charge in [0.1, 0.15) is 11.4 Å². The van der Waals surface area contributed by atoms with Gasteiger partial charge in [0.2, 0.25) is 0 Å². The molecular weight excluding hydrogens is 254 g/mol. The van der Waals surface area contributed by atoms with E-state index in [1.807, 2.05) is 30.3 Å². The Morgan fingerprint density at radius 1 is 1.25 bits per heavy atom. The predicted octanol–water partition coefficient (Wildman–Crippen LogP) is 1.76. The maximum absolute atomic E-state index is 5.44. The topological polar surface area (TPSA) is 50.5 Å². The molecule has 5 heteroatoms. The van der Waals surface area contributed by atoms with Gasteiger partial charge in [-0.15, -0.1) is 0 Å². The highest BCUT2D eigenvalue weighted by atomic mass is 16.5. The van der Waals surface area contributed by atoms with Crippen LogP contribution >= 0.6 is 0 Å². The van der Waals surface area contributed by atoms with E-state index < -0.39 is 0 Å². The van der Waals surface area contributed by atoms with Crippen LogP contribution in [0.3, 0.4) is 0 Å². The van der Waals surface area contributed by atoms with Gasteiger partial charge in [-0.25, -0.2) is 0 Å². The molecule has 20 heavy (non-hydrogen) atoms. The van der Waals surface area contributed by atoms with E-state index in [0.29, 0.717) is 0 Å². The Morgan fingerprint density at radius 3 is 2.70 bits per heavy atom. The Labute approximate surface area is 118 Å². The normalized spacial score (nSPS) is 16.2. The largest absolute Gasteiger partial charge is 0.497 e. The first-order valence-electron chi connectivity index (χ1n) is 6.88. The number of benzene rings is 1. The van der Waals surface area contributed by atoms with E-state index >= 15 is 0 Å². The molecule has 0 spiro atoms. The number of hydrogen-bond donors (Lipinski definition) is 1. The summed E-state index contributed by atoms with van der Waals surface area (Å²) in [6, 6.07) is 9.86. The van der Waals surface area contributed by atoms with Gasteiger partial charge in [-0.3, -0.25) is 4.90 Å². The molecule has 2 heterocycles. The van der Waals surface area contributed by atoms with Crippen molar-refractivity contribution in [3.8, 4) is 17.0 Å². The van der Waals surface area contributed by atoms with Gasteiger partial charge in [0, 0.05) is 37.8 Å². The van der Waals surface area contributed by atoms with Crippen LogP contribution in [0.5, 0.6) is 5.75 Å². The van der Waals surface area contributed by atoms with E-state index in [4.69, 9.17) is 9.26 Å². The fourth-order valence-corrected chi connectivity index (χ4v) is 2.37. The molecule has 3 rings (SSSR count). The van der Waals surface area contributed by atoms with Gasteiger partial charge in [0.15, 0.2) is 5.76 Å². The molecule has 0 saturated carbocycles. The summed E-state index contributed by atoms with van der Waals surface area (Å²) in [6.45, 7) is 5.01. The van der Waals surface area contributed by atoms with Gasteiger partial charge in [-0.05, 0) is 24.3 Å². The summed E-state index contributed by atoms with van der Waals surface area (Å²) in [7, 11) is 1.66. The number of nitrogens with zero attached hydrogens (tertiary/aromatic N) is 2. The van der Waals surface area contributed by atoms with Gasteiger partial charge in [0.05, 0.1) is 13.7 Å². The molecule has 1 aliphatic heterocycles. The number of methoxy groups -OCH3 is 1. The molecule has 1 saturated heterocycles. The highest BCUT2D eigenvalue weighted by Gasteiger charge is 2.13. The zero-order valence-corrected chi connectivity index (χ0v) is 11.6. The Morgan fingerprint density at radius 2 is 2.00 bits per heavy atom.